The number of amides is 4. The highest BCUT2D eigenvalue weighted by Crippen LogP contribution is 2.31. The summed E-state index contributed by atoms with van der Waals surface area (Å²) in [4.78, 5) is 53.9. The summed E-state index contributed by atoms with van der Waals surface area (Å²) in [6.45, 7) is 1.84. The fraction of sp³-hybridized carbons (Fsp3) is 0.448. The van der Waals surface area contributed by atoms with Crippen molar-refractivity contribution in [3.05, 3.63) is 65.2 Å². The fourth-order valence-electron chi connectivity index (χ4n) is 4.16. The Morgan fingerprint density at radius 1 is 0.783 bits per heavy atom. The van der Waals surface area contributed by atoms with Crippen molar-refractivity contribution in [2.45, 2.75) is 50.2 Å². The molecule has 0 unspecified atom stereocenters. The van der Waals surface area contributed by atoms with E-state index in [1.54, 1.807) is 0 Å². The number of benzene rings is 2. The molecule has 2 rings (SSSR count). The van der Waals surface area contributed by atoms with Crippen LogP contribution in [0.1, 0.15) is 30.0 Å². The van der Waals surface area contributed by atoms with E-state index in [9.17, 15) is 45.5 Å². The lowest BCUT2D eigenvalue weighted by Gasteiger charge is -2.27. The standard InChI is InChI=1S/C29H37F6N7O4/c1-17(38-2)25(44)40-23(16-24(43)42(12-10-36)13-11-37)27(46)41-22(14-18-6-8-19(9-7-18)28(30,31)32)26(45)39-21-5-3-4-20(15-21)29(33,34)35/h3-9,15,17,22-23,38H,10-14,16,36-37H2,1-2H3,(H,39,45)(H,40,44)(H,41,46)/t17-,22+,23+/m1/s1. The normalized spacial score (nSPS) is 13.7. The van der Waals surface area contributed by atoms with Crippen molar-refractivity contribution in [1.82, 2.24) is 20.9 Å². The predicted molar refractivity (Wildman–Crippen MR) is 157 cm³/mol. The van der Waals surface area contributed by atoms with Crippen molar-refractivity contribution >= 4 is 29.3 Å². The molecule has 2 aromatic rings. The summed E-state index contributed by atoms with van der Waals surface area (Å²) in [5.41, 5.74) is 9.00. The lowest BCUT2D eigenvalue weighted by molar-refractivity contribution is -0.138. The van der Waals surface area contributed by atoms with Crippen LogP contribution >= 0.6 is 0 Å². The topological polar surface area (TPSA) is 172 Å². The number of carbonyl (C=O) groups is 4. The van der Waals surface area contributed by atoms with Crippen LogP contribution in [-0.2, 0) is 38.0 Å². The minimum absolute atomic E-state index is 0.0800. The molecule has 0 fully saturated rings. The van der Waals surface area contributed by atoms with Gasteiger partial charge >= 0.3 is 12.4 Å². The zero-order valence-electron chi connectivity index (χ0n) is 25.1. The lowest BCUT2D eigenvalue weighted by Crippen LogP contribution is -2.56. The Balaban J connectivity index is 2.43. The molecule has 2 aromatic carbocycles. The number of anilines is 1. The molecule has 0 heterocycles. The van der Waals surface area contributed by atoms with E-state index in [-0.39, 0.29) is 37.4 Å². The van der Waals surface area contributed by atoms with E-state index in [0.717, 1.165) is 36.4 Å². The van der Waals surface area contributed by atoms with Crippen LogP contribution in [0.3, 0.4) is 0 Å². The molecule has 254 valence electrons. The number of hydrogen-bond donors (Lipinski definition) is 6. The fourth-order valence-corrected chi connectivity index (χ4v) is 4.16. The number of hydrogen-bond acceptors (Lipinski definition) is 7. The molecule has 0 bridgehead atoms. The van der Waals surface area contributed by atoms with Gasteiger partial charge < -0.3 is 37.6 Å². The molecule has 0 aliphatic rings. The highest BCUT2D eigenvalue weighted by atomic mass is 19.4. The average molecular weight is 662 g/mol. The second kappa shape index (κ2) is 16.9. The molecule has 3 atom stereocenters. The summed E-state index contributed by atoms with van der Waals surface area (Å²) in [5.74, 6) is -3.30. The minimum Gasteiger partial charge on any atom is -0.342 e. The summed E-state index contributed by atoms with van der Waals surface area (Å²) in [5, 5.41) is 9.79. The van der Waals surface area contributed by atoms with E-state index in [1.807, 2.05) is 0 Å². The number of carbonyl (C=O) groups excluding carboxylic acids is 4. The van der Waals surface area contributed by atoms with Gasteiger partial charge in [-0.2, -0.15) is 26.3 Å². The quantitative estimate of drug-likeness (QED) is 0.158. The van der Waals surface area contributed by atoms with Gasteiger partial charge in [-0.3, -0.25) is 19.2 Å². The lowest BCUT2D eigenvalue weighted by atomic mass is 10.0. The maximum atomic E-state index is 13.5. The van der Waals surface area contributed by atoms with Crippen molar-refractivity contribution in [1.29, 1.82) is 0 Å². The number of nitrogens with two attached hydrogens (primary N) is 2. The van der Waals surface area contributed by atoms with Gasteiger partial charge in [0.2, 0.25) is 23.6 Å². The van der Waals surface area contributed by atoms with E-state index < -0.39 is 78.1 Å². The van der Waals surface area contributed by atoms with Gasteiger partial charge in [0, 0.05) is 38.3 Å². The highest BCUT2D eigenvalue weighted by molar-refractivity contribution is 5.99. The van der Waals surface area contributed by atoms with Crippen LogP contribution in [0, 0.1) is 0 Å². The van der Waals surface area contributed by atoms with Crippen LogP contribution < -0.4 is 32.7 Å². The third kappa shape index (κ3) is 11.6. The van der Waals surface area contributed by atoms with Gasteiger partial charge in [0.05, 0.1) is 23.6 Å². The molecule has 0 aliphatic heterocycles. The average Bonchev–Trinajstić information content (AvgIpc) is 2.99. The summed E-state index contributed by atoms with van der Waals surface area (Å²) in [6, 6.07) is 3.46. The predicted octanol–water partition coefficient (Wildman–Crippen LogP) is 1.62. The summed E-state index contributed by atoms with van der Waals surface area (Å²) < 4.78 is 79.0. The molecule has 0 radical (unpaired) electrons. The van der Waals surface area contributed by atoms with Gasteiger partial charge in [0.25, 0.3) is 0 Å². The summed E-state index contributed by atoms with van der Waals surface area (Å²) in [6.07, 6.45) is -10.3. The van der Waals surface area contributed by atoms with Crippen LogP contribution in [0.25, 0.3) is 0 Å². The number of alkyl halides is 6. The molecule has 8 N–H and O–H groups in total. The summed E-state index contributed by atoms with van der Waals surface area (Å²) >= 11 is 0. The van der Waals surface area contributed by atoms with E-state index >= 15 is 0 Å². The van der Waals surface area contributed by atoms with Gasteiger partial charge in [0.15, 0.2) is 0 Å². The van der Waals surface area contributed by atoms with Crippen molar-refractivity contribution in [3.8, 4) is 0 Å². The molecule has 0 aromatic heterocycles. The molecule has 0 aliphatic carbocycles. The molecule has 46 heavy (non-hydrogen) atoms. The SMILES string of the molecule is CN[C@H](C)C(=O)N[C@@H](CC(=O)N(CCN)CCN)C(=O)N[C@@H](Cc1ccc(C(F)(F)F)cc1)C(=O)Nc1cccc(C(F)(F)F)c1. The third-order valence-electron chi connectivity index (χ3n) is 6.80. The van der Waals surface area contributed by atoms with Gasteiger partial charge in [0.1, 0.15) is 12.1 Å². The number of likely N-dealkylation sites (N-methyl/N-ethyl adjacent to an activating group) is 1. The van der Waals surface area contributed by atoms with E-state index in [4.69, 9.17) is 11.5 Å². The van der Waals surface area contributed by atoms with Crippen molar-refractivity contribution in [2.75, 3.05) is 38.5 Å². The van der Waals surface area contributed by atoms with Crippen LogP contribution in [-0.4, -0.2) is 79.9 Å². The molecular weight excluding hydrogens is 624 g/mol. The van der Waals surface area contributed by atoms with Crippen LogP contribution in [0.2, 0.25) is 0 Å². The molecule has 11 nitrogen and oxygen atoms in total. The summed E-state index contributed by atoms with van der Waals surface area (Å²) in [7, 11) is 1.48. The number of nitrogens with one attached hydrogen (secondary N) is 4. The Morgan fingerprint density at radius 3 is 1.87 bits per heavy atom. The van der Waals surface area contributed by atoms with E-state index in [0.29, 0.717) is 6.07 Å². The number of halogens is 6. The first-order chi connectivity index (χ1) is 21.5. The molecule has 0 saturated heterocycles. The Morgan fingerprint density at radius 2 is 1.35 bits per heavy atom. The van der Waals surface area contributed by atoms with Gasteiger partial charge in [-0.15, -0.1) is 0 Å². The molecule has 17 heteroatoms. The van der Waals surface area contributed by atoms with Gasteiger partial charge in [-0.25, -0.2) is 0 Å². The zero-order chi connectivity index (χ0) is 34.7. The Labute approximate surface area is 261 Å². The van der Waals surface area contributed by atoms with E-state index in [1.165, 1.54) is 24.9 Å². The van der Waals surface area contributed by atoms with Crippen molar-refractivity contribution < 1.29 is 45.5 Å². The molecule has 0 spiro atoms. The zero-order valence-corrected chi connectivity index (χ0v) is 25.1. The van der Waals surface area contributed by atoms with E-state index in [2.05, 4.69) is 21.3 Å². The monoisotopic (exact) mass is 661 g/mol. The second-order valence-corrected chi connectivity index (χ2v) is 10.3. The first-order valence-corrected chi connectivity index (χ1v) is 14.1. The first-order valence-electron chi connectivity index (χ1n) is 14.1. The maximum absolute atomic E-state index is 13.5. The van der Waals surface area contributed by atoms with Crippen molar-refractivity contribution in [2.24, 2.45) is 11.5 Å². The van der Waals surface area contributed by atoms with Gasteiger partial charge in [-0.05, 0) is 49.9 Å². The molecule has 0 saturated carbocycles. The highest BCUT2D eigenvalue weighted by Gasteiger charge is 2.33. The first kappa shape index (κ1) is 38.0. The smallest absolute Gasteiger partial charge is 0.342 e. The Hall–Kier alpha value is -4.22. The Bertz CT molecular complexity index is 1330. The number of nitrogens with zero attached hydrogens (tertiary/aromatic N) is 1. The molecular formula is C29H37F6N7O4. The third-order valence-corrected chi connectivity index (χ3v) is 6.80. The second-order valence-electron chi connectivity index (χ2n) is 10.3. The number of rotatable bonds is 15. The Kier molecular flexibility index (Phi) is 14.0. The van der Waals surface area contributed by atoms with Crippen LogP contribution in [0.4, 0.5) is 32.0 Å². The minimum atomic E-state index is -4.72. The van der Waals surface area contributed by atoms with Crippen LogP contribution in [0.5, 0.6) is 0 Å². The largest absolute Gasteiger partial charge is 0.416 e. The maximum Gasteiger partial charge on any atom is 0.416 e. The van der Waals surface area contributed by atoms with Crippen molar-refractivity contribution in [3.63, 3.8) is 0 Å². The van der Waals surface area contributed by atoms with Crippen LogP contribution in [0.15, 0.2) is 48.5 Å². The molecule has 4 amide bonds. The van der Waals surface area contributed by atoms with Gasteiger partial charge in [-0.1, -0.05) is 18.2 Å².